The Balaban J connectivity index is 1.31. The fourth-order valence-electron chi connectivity index (χ4n) is 4.06. The van der Waals surface area contributed by atoms with Crippen LogP contribution >= 0.6 is 12.2 Å². The molecule has 37 heavy (non-hydrogen) atoms. The molecule has 1 aliphatic heterocycles. The van der Waals surface area contributed by atoms with Crippen LogP contribution in [0.1, 0.15) is 12.5 Å². The Labute approximate surface area is 221 Å². The van der Waals surface area contributed by atoms with E-state index in [1.165, 1.54) is 12.1 Å². The highest BCUT2D eigenvalue weighted by Crippen LogP contribution is 2.29. The van der Waals surface area contributed by atoms with Crippen LogP contribution in [-0.4, -0.2) is 62.3 Å². The standard InChI is InChI=1S/C28H30FN3O4S/c1-3-35-24-11-7-22(8-12-24)30-27(33)19-36-25-13-4-20(18-26(25)34-2)28(37)32-16-14-31(15-17-32)23-9-5-21(29)6-10-23/h4-13,18H,3,14-17,19H2,1-2H3,(H,30,33). The molecule has 3 aromatic rings. The second kappa shape index (κ2) is 12.4. The van der Waals surface area contributed by atoms with Crippen LogP contribution in [-0.2, 0) is 4.79 Å². The Kier molecular flexibility index (Phi) is 8.79. The van der Waals surface area contributed by atoms with Gasteiger partial charge in [0.2, 0.25) is 0 Å². The molecule has 0 saturated carbocycles. The number of hydrogen-bond donors (Lipinski definition) is 1. The van der Waals surface area contributed by atoms with Crippen molar-refractivity contribution in [2.24, 2.45) is 0 Å². The van der Waals surface area contributed by atoms with Gasteiger partial charge in [0, 0.05) is 43.1 Å². The van der Waals surface area contributed by atoms with Crippen LogP contribution in [0.4, 0.5) is 15.8 Å². The van der Waals surface area contributed by atoms with E-state index in [0.29, 0.717) is 23.8 Å². The fourth-order valence-corrected chi connectivity index (χ4v) is 4.37. The summed E-state index contributed by atoms with van der Waals surface area (Å²) in [5.74, 6) is 1.17. The van der Waals surface area contributed by atoms with Crippen molar-refractivity contribution in [3.63, 3.8) is 0 Å². The molecular weight excluding hydrogens is 493 g/mol. The van der Waals surface area contributed by atoms with Gasteiger partial charge in [-0.15, -0.1) is 0 Å². The first-order valence-corrected chi connectivity index (χ1v) is 12.5. The van der Waals surface area contributed by atoms with Gasteiger partial charge < -0.3 is 29.3 Å². The summed E-state index contributed by atoms with van der Waals surface area (Å²) in [6.45, 7) is 5.41. The zero-order valence-corrected chi connectivity index (χ0v) is 21.7. The number of rotatable bonds is 9. The molecule has 0 aliphatic carbocycles. The summed E-state index contributed by atoms with van der Waals surface area (Å²) in [6.07, 6.45) is 0. The molecule has 9 heteroatoms. The van der Waals surface area contributed by atoms with Crippen molar-refractivity contribution in [3.8, 4) is 17.2 Å². The van der Waals surface area contributed by atoms with Crippen molar-refractivity contribution in [1.29, 1.82) is 0 Å². The number of nitrogens with zero attached hydrogens (tertiary/aromatic N) is 2. The lowest BCUT2D eigenvalue weighted by molar-refractivity contribution is -0.118. The molecule has 0 bridgehead atoms. The van der Waals surface area contributed by atoms with E-state index in [4.69, 9.17) is 26.4 Å². The van der Waals surface area contributed by atoms with Crippen molar-refractivity contribution in [2.45, 2.75) is 6.92 Å². The minimum Gasteiger partial charge on any atom is -0.494 e. The first-order valence-electron chi connectivity index (χ1n) is 12.1. The lowest BCUT2D eigenvalue weighted by atomic mass is 10.1. The van der Waals surface area contributed by atoms with Crippen LogP contribution in [0.3, 0.4) is 0 Å². The third kappa shape index (κ3) is 6.89. The van der Waals surface area contributed by atoms with Crippen molar-refractivity contribution in [2.75, 3.05) is 56.7 Å². The summed E-state index contributed by atoms with van der Waals surface area (Å²) in [5, 5.41) is 2.80. The van der Waals surface area contributed by atoms with Gasteiger partial charge in [-0.25, -0.2) is 4.39 Å². The topological polar surface area (TPSA) is 63.3 Å². The predicted molar refractivity (Wildman–Crippen MR) is 147 cm³/mol. The number of carbonyl (C=O) groups is 1. The Morgan fingerprint density at radius 2 is 1.65 bits per heavy atom. The van der Waals surface area contributed by atoms with E-state index in [1.54, 1.807) is 49.6 Å². The number of nitrogens with one attached hydrogen (secondary N) is 1. The van der Waals surface area contributed by atoms with E-state index < -0.39 is 0 Å². The maximum absolute atomic E-state index is 13.2. The van der Waals surface area contributed by atoms with Crippen LogP contribution < -0.4 is 24.4 Å². The molecule has 1 aliphatic rings. The third-order valence-corrected chi connectivity index (χ3v) is 6.47. The molecule has 1 saturated heterocycles. The normalized spacial score (nSPS) is 13.2. The number of halogens is 1. The first kappa shape index (κ1) is 26.2. The molecular formula is C28H30FN3O4S. The Morgan fingerprint density at radius 3 is 2.30 bits per heavy atom. The molecule has 7 nitrogen and oxygen atoms in total. The van der Waals surface area contributed by atoms with E-state index in [0.717, 1.165) is 48.2 Å². The van der Waals surface area contributed by atoms with Gasteiger partial charge in [-0.05, 0) is 73.7 Å². The molecule has 0 unspecified atom stereocenters. The highest BCUT2D eigenvalue weighted by atomic mass is 32.1. The van der Waals surface area contributed by atoms with Crippen LogP contribution in [0.5, 0.6) is 17.2 Å². The highest BCUT2D eigenvalue weighted by molar-refractivity contribution is 7.80. The Morgan fingerprint density at radius 1 is 0.946 bits per heavy atom. The molecule has 1 N–H and O–H groups in total. The maximum Gasteiger partial charge on any atom is 0.262 e. The largest absolute Gasteiger partial charge is 0.494 e. The van der Waals surface area contributed by atoms with Crippen LogP contribution in [0, 0.1) is 5.82 Å². The van der Waals surface area contributed by atoms with Crippen molar-refractivity contribution >= 4 is 34.5 Å². The number of methoxy groups -OCH3 is 1. The Bertz CT molecular complexity index is 1210. The monoisotopic (exact) mass is 523 g/mol. The van der Waals surface area contributed by atoms with Gasteiger partial charge in [0.25, 0.3) is 5.91 Å². The smallest absolute Gasteiger partial charge is 0.262 e. The van der Waals surface area contributed by atoms with Gasteiger partial charge in [0.05, 0.1) is 13.7 Å². The van der Waals surface area contributed by atoms with E-state index in [2.05, 4.69) is 15.1 Å². The van der Waals surface area contributed by atoms with E-state index in [1.807, 2.05) is 19.1 Å². The number of anilines is 2. The van der Waals surface area contributed by atoms with Gasteiger partial charge in [-0.3, -0.25) is 4.79 Å². The minimum atomic E-state index is -0.287. The van der Waals surface area contributed by atoms with Crippen molar-refractivity contribution in [3.05, 3.63) is 78.1 Å². The van der Waals surface area contributed by atoms with Gasteiger partial charge in [-0.2, -0.15) is 0 Å². The molecule has 3 aromatic carbocycles. The highest BCUT2D eigenvalue weighted by Gasteiger charge is 2.21. The number of hydrogen-bond acceptors (Lipinski definition) is 6. The third-order valence-electron chi connectivity index (χ3n) is 5.98. The number of piperazine rings is 1. The van der Waals surface area contributed by atoms with Crippen LogP contribution in [0.2, 0.25) is 0 Å². The minimum absolute atomic E-state index is 0.168. The molecule has 194 valence electrons. The molecule has 0 aromatic heterocycles. The predicted octanol–water partition coefficient (Wildman–Crippen LogP) is 4.75. The lowest BCUT2D eigenvalue weighted by Crippen LogP contribution is -2.48. The zero-order chi connectivity index (χ0) is 26.2. The Hall–Kier alpha value is -3.85. The van der Waals surface area contributed by atoms with Crippen molar-refractivity contribution < 1.29 is 23.4 Å². The summed E-state index contributed by atoms with van der Waals surface area (Å²) in [7, 11) is 1.55. The molecule has 1 fully saturated rings. The molecule has 0 spiro atoms. The fraction of sp³-hybridized carbons (Fsp3) is 0.286. The second-order valence-corrected chi connectivity index (χ2v) is 8.80. The van der Waals surface area contributed by atoms with E-state index >= 15 is 0 Å². The molecule has 0 atom stereocenters. The first-order chi connectivity index (χ1) is 18.0. The number of benzene rings is 3. The number of carbonyl (C=O) groups excluding carboxylic acids is 1. The average Bonchev–Trinajstić information content (AvgIpc) is 2.93. The van der Waals surface area contributed by atoms with E-state index in [-0.39, 0.29) is 18.3 Å². The number of thiocarbonyl (C=S) groups is 1. The molecule has 1 amide bonds. The number of ether oxygens (including phenoxy) is 3. The summed E-state index contributed by atoms with van der Waals surface area (Å²) in [6, 6.07) is 19.2. The average molecular weight is 524 g/mol. The summed E-state index contributed by atoms with van der Waals surface area (Å²) >= 11 is 5.76. The van der Waals surface area contributed by atoms with Gasteiger partial charge in [-0.1, -0.05) is 12.2 Å². The SMILES string of the molecule is CCOc1ccc(NC(=O)COc2ccc(C(=S)N3CCN(c4ccc(F)cc4)CC3)cc2OC)cc1. The second-order valence-electron chi connectivity index (χ2n) is 8.42. The quantitative estimate of drug-likeness (QED) is 0.406. The lowest BCUT2D eigenvalue weighted by Gasteiger charge is -2.37. The van der Waals surface area contributed by atoms with E-state index in [9.17, 15) is 9.18 Å². The molecule has 0 radical (unpaired) electrons. The number of amides is 1. The van der Waals surface area contributed by atoms with Crippen LogP contribution in [0.15, 0.2) is 66.7 Å². The van der Waals surface area contributed by atoms with Crippen molar-refractivity contribution in [1.82, 2.24) is 4.90 Å². The molecule has 4 rings (SSSR count). The molecule has 1 heterocycles. The summed E-state index contributed by atoms with van der Waals surface area (Å²) in [4.78, 5) is 17.4. The summed E-state index contributed by atoms with van der Waals surface area (Å²) < 4.78 is 29.9. The van der Waals surface area contributed by atoms with Gasteiger partial charge >= 0.3 is 0 Å². The summed E-state index contributed by atoms with van der Waals surface area (Å²) in [5.41, 5.74) is 2.50. The zero-order valence-electron chi connectivity index (χ0n) is 20.9. The van der Waals surface area contributed by atoms with Gasteiger partial charge in [0.1, 0.15) is 16.6 Å². The maximum atomic E-state index is 13.2. The van der Waals surface area contributed by atoms with Gasteiger partial charge in [0.15, 0.2) is 18.1 Å². The van der Waals surface area contributed by atoms with Crippen LogP contribution in [0.25, 0.3) is 0 Å².